The minimum Gasteiger partial charge on any atom is -0.379 e. The van der Waals surface area contributed by atoms with Crippen molar-refractivity contribution in [1.82, 2.24) is 9.88 Å². The maximum absolute atomic E-state index is 13.0. The number of carbonyl (C=O) groups excluding carboxylic acids is 1. The van der Waals surface area contributed by atoms with Crippen molar-refractivity contribution in [1.29, 1.82) is 0 Å². The molecule has 1 aliphatic heterocycles. The van der Waals surface area contributed by atoms with Gasteiger partial charge in [-0.2, -0.15) is 0 Å². The van der Waals surface area contributed by atoms with Crippen LogP contribution in [0.3, 0.4) is 0 Å². The summed E-state index contributed by atoms with van der Waals surface area (Å²) >= 11 is 1.43. The number of carbonyl (C=O) groups is 1. The molecule has 0 atom stereocenters. The summed E-state index contributed by atoms with van der Waals surface area (Å²) in [7, 11) is 0. The molecule has 1 amide bonds. The molecule has 0 spiro atoms. The monoisotopic (exact) mass is 411 g/mol. The summed E-state index contributed by atoms with van der Waals surface area (Å²) in [6.07, 6.45) is 2.41. The molecule has 0 bridgehead atoms. The van der Waals surface area contributed by atoms with Gasteiger partial charge < -0.3 is 4.74 Å². The highest BCUT2D eigenvalue weighted by Gasteiger charge is 2.17. The van der Waals surface area contributed by atoms with Gasteiger partial charge in [0.25, 0.3) is 5.91 Å². The molecular weight excluding hydrogens is 389 g/mol. The van der Waals surface area contributed by atoms with E-state index in [9.17, 15) is 9.18 Å². The van der Waals surface area contributed by atoms with E-state index >= 15 is 0 Å². The van der Waals surface area contributed by atoms with E-state index in [4.69, 9.17) is 4.74 Å². The summed E-state index contributed by atoms with van der Waals surface area (Å²) in [6, 6.07) is 14.1. The van der Waals surface area contributed by atoms with Gasteiger partial charge in [-0.15, -0.1) is 11.3 Å². The number of nitrogens with one attached hydrogen (secondary N) is 1. The first-order valence-electron chi connectivity index (χ1n) is 9.56. The third-order valence-electron chi connectivity index (χ3n) is 4.83. The molecule has 1 fully saturated rings. The Morgan fingerprint density at radius 1 is 1.14 bits per heavy atom. The highest BCUT2D eigenvalue weighted by Crippen LogP contribution is 2.23. The molecule has 0 aliphatic carbocycles. The van der Waals surface area contributed by atoms with Crippen LogP contribution in [0.2, 0.25) is 0 Å². The number of rotatable bonds is 6. The van der Waals surface area contributed by atoms with Crippen LogP contribution in [0.5, 0.6) is 0 Å². The van der Waals surface area contributed by atoms with Crippen LogP contribution >= 0.6 is 11.3 Å². The van der Waals surface area contributed by atoms with Crippen LogP contribution in [-0.2, 0) is 17.7 Å². The van der Waals surface area contributed by atoms with E-state index in [1.807, 2.05) is 24.3 Å². The third-order valence-corrected chi connectivity index (χ3v) is 5.74. The van der Waals surface area contributed by atoms with Gasteiger partial charge in [-0.25, -0.2) is 9.37 Å². The van der Waals surface area contributed by atoms with E-state index < -0.39 is 0 Å². The summed E-state index contributed by atoms with van der Waals surface area (Å²) in [5.74, 6) is -0.404. The predicted octanol–water partition coefficient (Wildman–Crippen LogP) is 3.96. The molecule has 2 heterocycles. The number of benzene rings is 2. The molecule has 0 radical (unpaired) electrons. The van der Waals surface area contributed by atoms with E-state index in [0.717, 1.165) is 48.9 Å². The van der Waals surface area contributed by atoms with Gasteiger partial charge in [0.15, 0.2) is 5.13 Å². The highest BCUT2D eigenvalue weighted by molar-refractivity contribution is 7.15. The lowest BCUT2D eigenvalue weighted by Gasteiger charge is -2.27. The minimum atomic E-state index is -0.248. The van der Waals surface area contributed by atoms with Crippen LogP contribution in [0.4, 0.5) is 9.52 Å². The zero-order chi connectivity index (χ0) is 20.1. The first-order chi connectivity index (χ1) is 14.2. The largest absolute Gasteiger partial charge is 0.379 e. The molecule has 1 aromatic heterocycles. The Hall–Kier alpha value is -2.61. The summed E-state index contributed by atoms with van der Waals surface area (Å²) < 4.78 is 18.4. The second-order valence-corrected chi connectivity index (χ2v) is 8.05. The molecule has 29 heavy (non-hydrogen) atoms. The van der Waals surface area contributed by atoms with Gasteiger partial charge in [0.1, 0.15) is 5.82 Å². The zero-order valence-electron chi connectivity index (χ0n) is 15.9. The highest BCUT2D eigenvalue weighted by atomic mass is 32.1. The van der Waals surface area contributed by atoms with Gasteiger partial charge >= 0.3 is 0 Å². The number of nitrogens with zero attached hydrogens (tertiary/aromatic N) is 2. The van der Waals surface area contributed by atoms with Gasteiger partial charge in [0.05, 0.1) is 13.2 Å². The zero-order valence-corrected chi connectivity index (χ0v) is 16.8. The van der Waals surface area contributed by atoms with Crippen molar-refractivity contribution < 1.29 is 13.9 Å². The molecule has 1 aliphatic rings. The molecule has 4 rings (SSSR count). The van der Waals surface area contributed by atoms with Crippen molar-refractivity contribution in [2.24, 2.45) is 0 Å². The fourth-order valence-electron chi connectivity index (χ4n) is 3.29. The number of halogens is 1. The number of morpholine rings is 1. The van der Waals surface area contributed by atoms with E-state index in [0.29, 0.717) is 17.1 Å². The normalized spacial score (nSPS) is 14.7. The standard InChI is InChI=1S/C22H22FN3O2S/c23-18-7-5-16(6-8-18)13-19-14-24-22(29-19)25-21(27)20-4-2-1-3-17(20)15-26-9-11-28-12-10-26/h1-8,14H,9-13,15H2,(H,24,25,27). The number of amides is 1. The third kappa shape index (κ3) is 5.26. The second kappa shape index (κ2) is 9.26. The predicted molar refractivity (Wildman–Crippen MR) is 112 cm³/mol. The van der Waals surface area contributed by atoms with Crippen LogP contribution in [0.1, 0.15) is 26.4 Å². The number of hydrogen-bond acceptors (Lipinski definition) is 5. The summed E-state index contributed by atoms with van der Waals surface area (Å²) in [5, 5.41) is 3.48. The van der Waals surface area contributed by atoms with E-state index in [-0.39, 0.29) is 11.7 Å². The maximum Gasteiger partial charge on any atom is 0.257 e. The fourth-order valence-corrected chi connectivity index (χ4v) is 4.14. The first-order valence-corrected chi connectivity index (χ1v) is 10.4. The molecule has 1 saturated heterocycles. The average Bonchev–Trinajstić information content (AvgIpc) is 3.17. The smallest absolute Gasteiger partial charge is 0.257 e. The van der Waals surface area contributed by atoms with Gasteiger partial charge in [0.2, 0.25) is 0 Å². The minimum absolute atomic E-state index is 0.156. The Morgan fingerprint density at radius 2 is 1.90 bits per heavy atom. The fraction of sp³-hybridized carbons (Fsp3) is 0.273. The molecule has 7 heteroatoms. The number of ether oxygens (including phenoxy) is 1. The van der Waals surface area contributed by atoms with Crippen molar-refractivity contribution in [3.63, 3.8) is 0 Å². The van der Waals surface area contributed by atoms with Gasteiger partial charge in [-0.05, 0) is 29.3 Å². The average molecular weight is 412 g/mol. The molecule has 1 N–H and O–H groups in total. The molecule has 0 saturated carbocycles. The topological polar surface area (TPSA) is 54.5 Å². The summed E-state index contributed by atoms with van der Waals surface area (Å²) in [4.78, 5) is 20.5. The Balaban J connectivity index is 1.42. The molecule has 3 aromatic rings. The van der Waals surface area contributed by atoms with Crippen molar-refractivity contribution in [2.75, 3.05) is 31.6 Å². The van der Waals surface area contributed by atoms with Crippen LogP contribution in [0, 0.1) is 5.82 Å². The summed E-state index contributed by atoms with van der Waals surface area (Å²) in [6.45, 7) is 3.92. The van der Waals surface area contributed by atoms with Crippen molar-refractivity contribution in [3.05, 3.63) is 82.1 Å². The molecule has 2 aromatic carbocycles. The van der Waals surface area contributed by atoms with E-state index in [1.54, 1.807) is 18.3 Å². The van der Waals surface area contributed by atoms with Crippen LogP contribution in [0.25, 0.3) is 0 Å². The lowest BCUT2D eigenvalue weighted by atomic mass is 10.1. The van der Waals surface area contributed by atoms with Crippen molar-refractivity contribution in [2.45, 2.75) is 13.0 Å². The second-order valence-electron chi connectivity index (χ2n) is 6.93. The molecular formula is C22H22FN3O2S. The number of thiazole rings is 1. The lowest BCUT2D eigenvalue weighted by Crippen LogP contribution is -2.36. The number of anilines is 1. The Labute approximate surface area is 173 Å². The van der Waals surface area contributed by atoms with Gasteiger partial charge in [-0.3, -0.25) is 15.0 Å². The Bertz CT molecular complexity index is 968. The van der Waals surface area contributed by atoms with Crippen LogP contribution in [-0.4, -0.2) is 42.1 Å². The van der Waals surface area contributed by atoms with E-state index in [2.05, 4.69) is 15.2 Å². The van der Waals surface area contributed by atoms with Crippen molar-refractivity contribution >= 4 is 22.4 Å². The molecule has 150 valence electrons. The van der Waals surface area contributed by atoms with Gasteiger partial charge in [-0.1, -0.05) is 30.3 Å². The van der Waals surface area contributed by atoms with Crippen LogP contribution in [0.15, 0.2) is 54.7 Å². The van der Waals surface area contributed by atoms with Crippen molar-refractivity contribution in [3.8, 4) is 0 Å². The maximum atomic E-state index is 13.0. The van der Waals surface area contributed by atoms with E-state index in [1.165, 1.54) is 23.5 Å². The first kappa shape index (κ1) is 19.7. The lowest BCUT2D eigenvalue weighted by molar-refractivity contribution is 0.0341. The van der Waals surface area contributed by atoms with Crippen LogP contribution < -0.4 is 5.32 Å². The SMILES string of the molecule is O=C(Nc1ncc(Cc2ccc(F)cc2)s1)c1ccccc1CN1CCOCC1. The number of aromatic nitrogens is 1. The molecule has 5 nitrogen and oxygen atoms in total. The quantitative estimate of drug-likeness (QED) is 0.667. The Morgan fingerprint density at radius 3 is 2.69 bits per heavy atom. The molecule has 0 unspecified atom stereocenters. The Kier molecular flexibility index (Phi) is 6.29. The van der Waals surface area contributed by atoms with Gasteiger partial charge in [0, 0.05) is 42.7 Å². The summed E-state index contributed by atoms with van der Waals surface area (Å²) in [5.41, 5.74) is 2.66. The number of hydrogen-bond donors (Lipinski definition) is 1.